The van der Waals surface area contributed by atoms with Gasteiger partial charge in [0.25, 0.3) is 5.91 Å². The Hall–Kier alpha value is -2.12. The summed E-state index contributed by atoms with van der Waals surface area (Å²) in [7, 11) is 0. The first-order valence-corrected chi connectivity index (χ1v) is 7.55. The zero-order valence-corrected chi connectivity index (χ0v) is 13.7. The number of aliphatic hydroxyl groups is 1. The summed E-state index contributed by atoms with van der Waals surface area (Å²) in [4.78, 5) is 28.2. The Morgan fingerprint density at radius 1 is 1.30 bits per heavy atom. The first-order chi connectivity index (χ1) is 10.7. The summed E-state index contributed by atoms with van der Waals surface area (Å²) in [6.45, 7) is 7.25. The molecule has 1 saturated heterocycles. The molecule has 0 bridgehead atoms. The molecule has 1 heterocycles. The highest BCUT2D eigenvalue weighted by Gasteiger charge is 2.30. The number of hydrogen-bond donors (Lipinski definition) is 3. The Morgan fingerprint density at radius 3 is 2.35 bits per heavy atom. The van der Waals surface area contributed by atoms with Gasteiger partial charge in [0.15, 0.2) is 17.2 Å². The molecule has 1 fully saturated rings. The third-order valence-corrected chi connectivity index (χ3v) is 3.55. The van der Waals surface area contributed by atoms with Crippen molar-refractivity contribution in [1.29, 1.82) is 5.41 Å². The first-order valence-electron chi connectivity index (χ1n) is 7.55. The topological polar surface area (TPSA) is 103 Å². The van der Waals surface area contributed by atoms with Crippen LogP contribution in [0.1, 0.15) is 40.0 Å². The number of nitrogens with zero attached hydrogens (tertiary/aromatic N) is 1. The minimum atomic E-state index is -1.61. The van der Waals surface area contributed by atoms with Crippen LogP contribution in [0.4, 0.5) is 4.53 Å². The van der Waals surface area contributed by atoms with Crippen LogP contribution in [0.25, 0.3) is 0 Å². The van der Waals surface area contributed by atoms with Crippen molar-refractivity contribution in [2.45, 2.75) is 40.0 Å². The fourth-order valence-electron chi connectivity index (χ4n) is 2.18. The standard InChI is InChI=1S/C15H24FN3O4/c1-15(2,3)6-7-18-13(21)10(14(22)23-16)11(20)12(17)19-8-4-5-9-19/h17,20H,4-9H2,1-3H3,(H,18,21)/b11-10-,17-12?. The summed E-state index contributed by atoms with van der Waals surface area (Å²) in [6, 6.07) is 0. The highest BCUT2D eigenvalue weighted by molar-refractivity contribution is 6.20. The molecule has 130 valence electrons. The van der Waals surface area contributed by atoms with Crippen LogP contribution in [-0.4, -0.2) is 47.4 Å². The summed E-state index contributed by atoms with van der Waals surface area (Å²) >= 11 is 0. The average molecular weight is 329 g/mol. The van der Waals surface area contributed by atoms with E-state index in [-0.39, 0.29) is 17.8 Å². The molecule has 1 aliphatic heterocycles. The lowest BCUT2D eigenvalue weighted by Gasteiger charge is -2.20. The van der Waals surface area contributed by atoms with Gasteiger partial charge in [-0.05, 0) is 24.7 Å². The fourth-order valence-corrected chi connectivity index (χ4v) is 2.18. The molecular weight excluding hydrogens is 305 g/mol. The summed E-state index contributed by atoms with van der Waals surface area (Å²) in [5.41, 5.74) is -0.930. The van der Waals surface area contributed by atoms with Crippen LogP contribution < -0.4 is 5.32 Å². The van der Waals surface area contributed by atoms with Crippen LogP contribution in [0.3, 0.4) is 0 Å². The smallest absolute Gasteiger partial charge is 0.389 e. The van der Waals surface area contributed by atoms with Crippen molar-refractivity contribution >= 4 is 17.7 Å². The number of carbonyl (C=O) groups is 2. The van der Waals surface area contributed by atoms with Crippen LogP contribution in [-0.2, 0) is 14.5 Å². The fraction of sp³-hybridized carbons (Fsp3) is 0.667. The maximum absolute atomic E-state index is 12.3. The number of likely N-dealkylation sites (tertiary alicyclic amines) is 1. The normalized spacial score (nSPS) is 15.9. The Balaban J connectivity index is 2.89. The molecule has 0 saturated carbocycles. The molecule has 1 amide bonds. The number of halogens is 1. The molecule has 0 spiro atoms. The van der Waals surface area contributed by atoms with Gasteiger partial charge in [-0.2, -0.15) is 0 Å². The lowest BCUT2D eigenvalue weighted by molar-refractivity contribution is -0.178. The Morgan fingerprint density at radius 2 is 1.87 bits per heavy atom. The zero-order valence-electron chi connectivity index (χ0n) is 13.7. The van der Waals surface area contributed by atoms with Crippen molar-refractivity contribution in [2.75, 3.05) is 19.6 Å². The van der Waals surface area contributed by atoms with Gasteiger partial charge in [0.1, 0.15) is 0 Å². The van der Waals surface area contributed by atoms with Crippen LogP contribution in [0.15, 0.2) is 11.3 Å². The maximum Gasteiger partial charge on any atom is 0.389 e. The van der Waals surface area contributed by atoms with E-state index >= 15 is 0 Å². The Bertz CT molecular complexity index is 505. The number of amides is 1. The van der Waals surface area contributed by atoms with Crippen molar-refractivity contribution in [2.24, 2.45) is 5.41 Å². The third-order valence-electron chi connectivity index (χ3n) is 3.55. The van der Waals surface area contributed by atoms with Gasteiger partial charge < -0.3 is 15.3 Å². The van der Waals surface area contributed by atoms with E-state index in [4.69, 9.17) is 5.41 Å². The predicted molar refractivity (Wildman–Crippen MR) is 82.5 cm³/mol. The summed E-state index contributed by atoms with van der Waals surface area (Å²) in [5.74, 6) is -3.82. The number of nitrogens with one attached hydrogen (secondary N) is 2. The van der Waals surface area contributed by atoms with Crippen molar-refractivity contribution in [1.82, 2.24) is 10.2 Å². The average Bonchev–Trinajstić information content (AvgIpc) is 2.99. The first kappa shape index (κ1) is 18.9. The van der Waals surface area contributed by atoms with Gasteiger partial charge in [-0.25, -0.2) is 9.74 Å². The van der Waals surface area contributed by atoms with E-state index in [2.05, 4.69) is 10.3 Å². The van der Waals surface area contributed by atoms with E-state index in [1.165, 1.54) is 4.90 Å². The van der Waals surface area contributed by atoms with E-state index in [1.807, 2.05) is 20.8 Å². The summed E-state index contributed by atoms with van der Waals surface area (Å²) in [6.07, 6.45) is 2.31. The molecule has 23 heavy (non-hydrogen) atoms. The molecular formula is C15H24FN3O4. The summed E-state index contributed by atoms with van der Waals surface area (Å²) < 4.78 is 12.3. The second-order valence-corrected chi connectivity index (χ2v) is 6.70. The molecule has 7 nitrogen and oxygen atoms in total. The molecule has 8 heteroatoms. The largest absolute Gasteiger partial charge is 0.504 e. The predicted octanol–water partition coefficient (Wildman–Crippen LogP) is 1.85. The number of hydrogen-bond acceptors (Lipinski definition) is 5. The summed E-state index contributed by atoms with van der Waals surface area (Å²) in [5, 5.41) is 20.4. The molecule has 0 aromatic carbocycles. The van der Waals surface area contributed by atoms with Gasteiger partial charge in [0.2, 0.25) is 0 Å². The highest BCUT2D eigenvalue weighted by atomic mass is 19.3. The lowest BCUT2D eigenvalue weighted by atomic mass is 9.92. The monoisotopic (exact) mass is 329 g/mol. The minimum absolute atomic E-state index is 0.0396. The van der Waals surface area contributed by atoms with Crippen molar-refractivity contribution < 1.29 is 24.2 Å². The van der Waals surface area contributed by atoms with Gasteiger partial charge >= 0.3 is 5.97 Å². The molecule has 1 rings (SSSR count). The molecule has 0 unspecified atom stereocenters. The van der Waals surface area contributed by atoms with Crippen LogP contribution in [0.2, 0.25) is 0 Å². The van der Waals surface area contributed by atoms with E-state index in [9.17, 15) is 19.2 Å². The van der Waals surface area contributed by atoms with Gasteiger partial charge in [0.05, 0.1) is 0 Å². The molecule has 3 N–H and O–H groups in total. The number of carbonyl (C=O) groups excluding carboxylic acids is 2. The third kappa shape index (κ3) is 5.54. The van der Waals surface area contributed by atoms with Crippen LogP contribution in [0.5, 0.6) is 0 Å². The lowest BCUT2D eigenvalue weighted by Crippen LogP contribution is -2.36. The molecule has 0 atom stereocenters. The number of amidine groups is 1. The van der Waals surface area contributed by atoms with Crippen molar-refractivity contribution in [3.8, 4) is 0 Å². The second kappa shape index (κ2) is 7.94. The van der Waals surface area contributed by atoms with Crippen LogP contribution >= 0.6 is 0 Å². The van der Waals surface area contributed by atoms with Crippen molar-refractivity contribution in [3.63, 3.8) is 0 Å². The van der Waals surface area contributed by atoms with E-state index in [0.29, 0.717) is 19.5 Å². The zero-order chi connectivity index (χ0) is 17.6. The SMILES string of the molecule is CC(C)(C)CCNC(=O)/C(C(=O)OF)=C(/O)C(=N)N1CCCC1. The second-order valence-electron chi connectivity index (χ2n) is 6.70. The Labute approximate surface area is 134 Å². The Kier molecular flexibility index (Phi) is 6.53. The molecule has 0 aromatic rings. The molecule has 0 aromatic heterocycles. The van der Waals surface area contributed by atoms with E-state index < -0.39 is 23.2 Å². The van der Waals surface area contributed by atoms with E-state index in [1.54, 1.807) is 0 Å². The number of aliphatic hydroxyl groups excluding tert-OH is 1. The maximum atomic E-state index is 12.3. The van der Waals surface area contributed by atoms with Gasteiger partial charge in [-0.15, -0.1) is 0 Å². The van der Waals surface area contributed by atoms with Crippen LogP contribution in [0, 0.1) is 10.8 Å². The highest BCUT2D eigenvalue weighted by Crippen LogP contribution is 2.18. The molecule has 0 radical (unpaired) electrons. The van der Waals surface area contributed by atoms with Gasteiger partial charge in [0, 0.05) is 24.2 Å². The van der Waals surface area contributed by atoms with Crippen molar-refractivity contribution in [3.05, 3.63) is 11.3 Å². The molecule has 1 aliphatic rings. The minimum Gasteiger partial charge on any atom is -0.504 e. The van der Waals surface area contributed by atoms with Gasteiger partial charge in [-0.3, -0.25) is 10.2 Å². The number of rotatable bonds is 5. The molecule has 0 aliphatic carbocycles. The van der Waals surface area contributed by atoms with Gasteiger partial charge in [-0.1, -0.05) is 20.8 Å². The quantitative estimate of drug-likeness (QED) is 0.178. The van der Waals surface area contributed by atoms with E-state index in [0.717, 1.165) is 12.8 Å².